The number of carbonyl (C=O) groups excluding carboxylic acids is 1. The van der Waals surface area contributed by atoms with Gasteiger partial charge < -0.3 is 24.1 Å². The van der Waals surface area contributed by atoms with E-state index in [1.165, 1.54) is 5.39 Å². The molecule has 0 saturated carbocycles. The first-order valence-electron chi connectivity index (χ1n) is 13.1. The highest BCUT2D eigenvalue weighted by Gasteiger charge is 2.19. The fraction of sp³-hybridized carbons (Fsp3) is 0.250. The monoisotopic (exact) mass is 523 g/mol. The van der Waals surface area contributed by atoms with Crippen molar-refractivity contribution in [3.63, 3.8) is 0 Å². The van der Waals surface area contributed by atoms with Crippen LogP contribution in [0, 0.1) is 0 Å². The molecular weight excluding hydrogens is 490 g/mol. The maximum Gasteiger partial charge on any atom is 0.224 e. The second kappa shape index (κ2) is 11.9. The predicted octanol–water partition coefficient (Wildman–Crippen LogP) is 6.10. The molecule has 0 aliphatic carbocycles. The summed E-state index contributed by atoms with van der Waals surface area (Å²) < 4.78 is 18.9. The zero-order valence-corrected chi connectivity index (χ0v) is 22.5. The maximum absolute atomic E-state index is 12.9. The predicted molar refractivity (Wildman–Crippen MR) is 154 cm³/mol. The molecule has 1 N–H and O–H groups in total. The molecule has 200 valence electrons. The zero-order valence-electron chi connectivity index (χ0n) is 22.5. The molecular formula is C32H33N3O4. The summed E-state index contributed by atoms with van der Waals surface area (Å²) in [6, 6.07) is 27.7. The second-order valence-electron chi connectivity index (χ2n) is 9.48. The van der Waals surface area contributed by atoms with E-state index in [9.17, 15) is 4.79 Å². The molecule has 1 atom stereocenters. The van der Waals surface area contributed by atoms with Crippen LogP contribution in [-0.2, 0) is 17.8 Å². The van der Waals surface area contributed by atoms with Crippen LogP contribution in [0.4, 0.5) is 0 Å². The van der Waals surface area contributed by atoms with Crippen molar-refractivity contribution in [1.82, 2.24) is 14.9 Å². The third kappa shape index (κ3) is 5.98. The number of aromatic nitrogens is 2. The number of fused-ring (bicyclic) bond motifs is 2. The number of nitrogens with zero attached hydrogens (tertiary/aromatic N) is 2. The van der Waals surface area contributed by atoms with E-state index in [-0.39, 0.29) is 18.4 Å². The lowest BCUT2D eigenvalue weighted by Gasteiger charge is -2.17. The first kappa shape index (κ1) is 26.1. The average Bonchev–Trinajstić information content (AvgIpc) is 3.33. The van der Waals surface area contributed by atoms with Gasteiger partial charge in [0.2, 0.25) is 5.91 Å². The molecule has 7 nitrogen and oxygen atoms in total. The Kier molecular flexibility index (Phi) is 7.96. The normalized spacial score (nSPS) is 11.9. The Balaban J connectivity index is 1.25. The van der Waals surface area contributed by atoms with Crippen LogP contribution < -0.4 is 19.5 Å². The average molecular weight is 524 g/mol. The first-order chi connectivity index (χ1) is 19.1. The van der Waals surface area contributed by atoms with Gasteiger partial charge in [0.05, 0.1) is 44.3 Å². The van der Waals surface area contributed by atoms with Crippen molar-refractivity contribution >= 4 is 27.7 Å². The SMILES string of the molecule is COc1ccc(CC(=O)NC(C)c2nc3ccccc3n2CCCOc2ccc3ccccc3c2)cc1OC. The van der Waals surface area contributed by atoms with E-state index in [1.807, 2.05) is 61.5 Å². The summed E-state index contributed by atoms with van der Waals surface area (Å²) in [5.74, 6) is 2.83. The van der Waals surface area contributed by atoms with Crippen LogP contribution in [0.5, 0.6) is 17.2 Å². The first-order valence-corrected chi connectivity index (χ1v) is 13.1. The van der Waals surface area contributed by atoms with Gasteiger partial charge in [0.1, 0.15) is 11.6 Å². The summed E-state index contributed by atoms with van der Waals surface area (Å²) in [5, 5.41) is 5.48. The van der Waals surface area contributed by atoms with E-state index < -0.39 is 0 Å². The molecule has 0 bridgehead atoms. The van der Waals surface area contributed by atoms with Gasteiger partial charge in [-0.1, -0.05) is 48.5 Å². The largest absolute Gasteiger partial charge is 0.494 e. The minimum absolute atomic E-state index is 0.0898. The Hall–Kier alpha value is -4.52. The summed E-state index contributed by atoms with van der Waals surface area (Å²) in [4.78, 5) is 17.8. The molecule has 7 heteroatoms. The Morgan fingerprint density at radius 3 is 2.49 bits per heavy atom. The smallest absolute Gasteiger partial charge is 0.224 e. The van der Waals surface area contributed by atoms with Crippen LogP contribution in [0.25, 0.3) is 21.8 Å². The minimum atomic E-state index is -0.272. The summed E-state index contributed by atoms with van der Waals surface area (Å²) in [6.45, 7) is 3.26. The molecule has 39 heavy (non-hydrogen) atoms. The molecule has 1 unspecified atom stereocenters. The number of hydrogen-bond donors (Lipinski definition) is 1. The number of aryl methyl sites for hydroxylation is 1. The molecule has 0 radical (unpaired) electrons. The van der Waals surface area contributed by atoms with E-state index in [0.717, 1.165) is 46.5 Å². The highest BCUT2D eigenvalue weighted by Crippen LogP contribution is 2.28. The van der Waals surface area contributed by atoms with Gasteiger partial charge in [-0.05, 0) is 66.1 Å². The molecule has 1 aromatic heterocycles. The zero-order chi connectivity index (χ0) is 27.2. The lowest BCUT2D eigenvalue weighted by molar-refractivity contribution is -0.121. The number of rotatable bonds is 11. The van der Waals surface area contributed by atoms with E-state index in [2.05, 4.69) is 40.2 Å². The fourth-order valence-corrected chi connectivity index (χ4v) is 4.86. The molecule has 0 aliphatic heterocycles. The quantitative estimate of drug-likeness (QED) is 0.212. The molecule has 0 aliphatic rings. The third-order valence-electron chi connectivity index (χ3n) is 6.78. The number of amides is 1. The van der Waals surface area contributed by atoms with Crippen LogP contribution in [-0.4, -0.2) is 36.3 Å². The van der Waals surface area contributed by atoms with E-state index in [1.54, 1.807) is 14.2 Å². The maximum atomic E-state index is 12.9. The standard InChI is InChI=1S/C32H33N3O4/c1-22(33-31(36)20-23-13-16-29(37-2)30(19-23)38-3)32-34-27-11-6-7-12-28(27)35(32)17-8-18-39-26-15-14-24-9-4-5-10-25(24)21-26/h4-7,9-16,19,21-22H,8,17-18,20H2,1-3H3,(H,33,36). The summed E-state index contributed by atoms with van der Waals surface area (Å²) >= 11 is 0. The van der Waals surface area contributed by atoms with Crippen LogP contribution in [0.2, 0.25) is 0 Å². The van der Waals surface area contributed by atoms with E-state index in [4.69, 9.17) is 19.2 Å². The number of para-hydroxylation sites is 2. The van der Waals surface area contributed by atoms with Crippen molar-refractivity contribution in [1.29, 1.82) is 0 Å². The Bertz CT molecular complexity index is 1590. The van der Waals surface area contributed by atoms with Gasteiger partial charge in [-0.2, -0.15) is 0 Å². The Morgan fingerprint density at radius 2 is 1.67 bits per heavy atom. The molecule has 0 spiro atoms. The van der Waals surface area contributed by atoms with E-state index in [0.29, 0.717) is 18.1 Å². The van der Waals surface area contributed by atoms with Gasteiger partial charge in [-0.25, -0.2) is 4.98 Å². The van der Waals surface area contributed by atoms with Crippen molar-refractivity contribution < 1.29 is 19.0 Å². The summed E-state index contributed by atoms with van der Waals surface area (Å²) in [6.07, 6.45) is 1.02. The molecule has 1 amide bonds. The van der Waals surface area contributed by atoms with Crippen molar-refractivity contribution in [3.05, 3.63) is 96.3 Å². The van der Waals surface area contributed by atoms with Gasteiger partial charge >= 0.3 is 0 Å². The number of benzene rings is 4. The minimum Gasteiger partial charge on any atom is -0.494 e. The number of nitrogens with one attached hydrogen (secondary N) is 1. The van der Waals surface area contributed by atoms with E-state index >= 15 is 0 Å². The number of imidazole rings is 1. The lowest BCUT2D eigenvalue weighted by Crippen LogP contribution is -2.30. The van der Waals surface area contributed by atoms with Gasteiger partial charge in [0.25, 0.3) is 0 Å². The van der Waals surface area contributed by atoms with Crippen LogP contribution in [0.1, 0.15) is 30.8 Å². The van der Waals surface area contributed by atoms with Crippen molar-refractivity contribution in [2.75, 3.05) is 20.8 Å². The van der Waals surface area contributed by atoms with Gasteiger partial charge in [-0.15, -0.1) is 0 Å². The number of methoxy groups -OCH3 is 2. The number of carbonyl (C=O) groups is 1. The molecule has 0 saturated heterocycles. The van der Waals surface area contributed by atoms with Gasteiger partial charge in [0.15, 0.2) is 11.5 Å². The molecule has 4 aromatic carbocycles. The molecule has 5 aromatic rings. The Labute approximate surface area is 228 Å². The number of ether oxygens (including phenoxy) is 3. The van der Waals surface area contributed by atoms with Gasteiger partial charge in [-0.3, -0.25) is 4.79 Å². The van der Waals surface area contributed by atoms with Crippen LogP contribution in [0.15, 0.2) is 84.9 Å². The molecule has 0 fully saturated rings. The third-order valence-corrected chi connectivity index (χ3v) is 6.78. The van der Waals surface area contributed by atoms with Crippen molar-refractivity contribution in [3.8, 4) is 17.2 Å². The fourth-order valence-electron chi connectivity index (χ4n) is 4.86. The molecule has 1 heterocycles. The van der Waals surface area contributed by atoms with Crippen LogP contribution >= 0.6 is 0 Å². The number of hydrogen-bond acceptors (Lipinski definition) is 5. The van der Waals surface area contributed by atoms with Crippen molar-refractivity contribution in [2.45, 2.75) is 32.4 Å². The summed E-state index contributed by atoms with van der Waals surface area (Å²) in [5.41, 5.74) is 2.79. The molecule has 5 rings (SSSR count). The highest BCUT2D eigenvalue weighted by atomic mass is 16.5. The summed E-state index contributed by atoms with van der Waals surface area (Å²) in [7, 11) is 3.18. The lowest BCUT2D eigenvalue weighted by atomic mass is 10.1. The van der Waals surface area contributed by atoms with Gasteiger partial charge in [0, 0.05) is 6.54 Å². The second-order valence-corrected chi connectivity index (χ2v) is 9.48. The van der Waals surface area contributed by atoms with Crippen LogP contribution in [0.3, 0.4) is 0 Å². The highest BCUT2D eigenvalue weighted by molar-refractivity contribution is 5.83. The topological polar surface area (TPSA) is 74.6 Å². The van der Waals surface area contributed by atoms with Crippen molar-refractivity contribution in [2.24, 2.45) is 0 Å². The Morgan fingerprint density at radius 1 is 0.897 bits per heavy atom.